The molecule has 14 heavy (non-hydrogen) atoms. The first-order chi connectivity index (χ1) is 6.64. The normalized spacial score (nSPS) is 43.9. The molecule has 0 aromatic heterocycles. The van der Waals surface area contributed by atoms with E-state index in [-0.39, 0.29) is 6.04 Å². The Balaban J connectivity index is 2.01. The summed E-state index contributed by atoms with van der Waals surface area (Å²) >= 11 is 0. The standard InChI is InChI=1S/C11H22N2O/c1-3-12-8(2)11(14)6-9-4-5-10(7-11)13-9/h8-10,12-14H,3-7H2,1-2H3. The van der Waals surface area contributed by atoms with Crippen molar-refractivity contribution in [2.45, 2.75) is 63.3 Å². The van der Waals surface area contributed by atoms with Crippen LogP contribution in [0.5, 0.6) is 0 Å². The molecule has 0 spiro atoms. The van der Waals surface area contributed by atoms with Crippen molar-refractivity contribution in [1.29, 1.82) is 0 Å². The van der Waals surface area contributed by atoms with Gasteiger partial charge in [-0.1, -0.05) is 6.92 Å². The Labute approximate surface area is 86.3 Å². The Hall–Kier alpha value is -0.120. The van der Waals surface area contributed by atoms with Gasteiger partial charge in [-0.3, -0.25) is 0 Å². The van der Waals surface area contributed by atoms with Crippen LogP contribution in [0.1, 0.15) is 39.5 Å². The minimum absolute atomic E-state index is 0.220. The Morgan fingerprint density at radius 2 is 2.00 bits per heavy atom. The van der Waals surface area contributed by atoms with E-state index < -0.39 is 5.60 Å². The van der Waals surface area contributed by atoms with Crippen LogP contribution in [0.25, 0.3) is 0 Å². The summed E-state index contributed by atoms with van der Waals surface area (Å²) in [7, 11) is 0. The zero-order valence-electron chi connectivity index (χ0n) is 9.21. The maximum Gasteiger partial charge on any atom is 0.0826 e. The Bertz CT molecular complexity index is 195. The third-order valence-corrected chi connectivity index (χ3v) is 3.85. The molecule has 0 saturated carbocycles. The Kier molecular flexibility index (Phi) is 2.82. The zero-order chi connectivity index (χ0) is 10.2. The maximum atomic E-state index is 10.5. The van der Waals surface area contributed by atoms with E-state index in [2.05, 4.69) is 24.5 Å². The van der Waals surface area contributed by atoms with Crippen LogP contribution in [0.15, 0.2) is 0 Å². The van der Waals surface area contributed by atoms with Crippen LogP contribution >= 0.6 is 0 Å². The maximum absolute atomic E-state index is 10.5. The third kappa shape index (κ3) is 1.81. The smallest absolute Gasteiger partial charge is 0.0826 e. The summed E-state index contributed by atoms with van der Waals surface area (Å²) in [5.74, 6) is 0. The van der Waals surface area contributed by atoms with Crippen LogP contribution in [0, 0.1) is 0 Å². The van der Waals surface area contributed by atoms with E-state index in [1.807, 2.05) is 0 Å². The molecule has 0 radical (unpaired) electrons. The lowest BCUT2D eigenvalue weighted by Gasteiger charge is -2.41. The largest absolute Gasteiger partial charge is 0.388 e. The highest BCUT2D eigenvalue weighted by Gasteiger charge is 2.45. The Morgan fingerprint density at radius 1 is 1.43 bits per heavy atom. The predicted octanol–water partition coefficient (Wildman–Crippen LogP) is 0.630. The number of likely N-dealkylation sites (N-methyl/N-ethyl adjacent to an activating group) is 1. The van der Waals surface area contributed by atoms with Crippen LogP contribution < -0.4 is 10.6 Å². The van der Waals surface area contributed by atoms with Gasteiger partial charge in [-0.05, 0) is 39.2 Å². The van der Waals surface area contributed by atoms with Crippen molar-refractivity contribution in [2.75, 3.05) is 6.54 Å². The van der Waals surface area contributed by atoms with Crippen molar-refractivity contribution in [3.63, 3.8) is 0 Å². The topological polar surface area (TPSA) is 44.3 Å². The first kappa shape index (κ1) is 10.4. The lowest BCUT2D eigenvalue weighted by Crippen LogP contribution is -2.57. The summed E-state index contributed by atoms with van der Waals surface area (Å²) in [6.07, 6.45) is 4.31. The highest BCUT2D eigenvalue weighted by molar-refractivity contribution is 5.03. The molecule has 2 saturated heterocycles. The van der Waals surface area contributed by atoms with Crippen molar-refractivity contribution >= 4 is 0 Å². The molecule has 3 atom stereocenters. The molecule has 2 rings (SSSR count). The number of fused-ring (bicyclic) bond motifs is 2. The van der Waals surface area contributed by atoms with Gasteiger partial charge in [0, 0.05) is 18.1 Å². The molecule has 2 fully saturated rings. The first-order valence-electron chi connectivity index (χ1n) is 5.86. The molecule has 0 amide bonds. The molecule has 2 bridgehead atoms. The molecule has 3 heteroatoms. The van der Waals surface area contributed by atoms with Crippen molar-refractivity contribution in [1.82, 2.24) is 10.6 Å². The fourth-order valence-corrected chi connectivity index (χ4v) is 3.01. The second-order valence-electron chi connectivity index (χ2n) is 4.93. The van der Waals surface area contributed by atoms with E-state index in [0.29, 0.717) is 12.1 Å². The lowest BCUT2D eigenvalue weighted by atomic mass is 9.82. The quantitative estimate of drug-likeness (QED) is 0.623. The molecular formula is C11H22N2O. The summed E-state index contributed by atoms with van der Waals surface area (Å²) < 4.78 is 0. The van der Waals surface area contributed by atoms with Crippen molar-refractivity contribution in [2.24, 2.45) is 0 Å². The van der Waals surface area contributed by atoms with Crippen LogP contribution in [0.4, 0.5) is 0 Å². The second kappa shape index (κ2) is 3.80. The van der Waals surface area contributed by atoms with Gasteiger partial charge in [-0.25, -0.2) is 0 Å². The molecule has 3 N–H and O–H groups in total. The zero-order valence-corrected chi connectivity index (χ0v) is 9.21. The van der Waals surface area contributed by atoms with Gasteiger partial charge in [0.15, 0.2) is 0 Å². The lowest BCUT2D eigenvalue weighted by molar-refractivity contribution is -0.0337. The fourth-order valence-electron chi connectivity index (χ4n) is 3.01. The molecule has 2 heterocycles. The molecule has 3 unspecified atom stereocenters. The molecule has 0 aromatic carbocycles. The first-order valence-corrected chi connectivity index (χ1v) is 5.86. The van der Waals surface area contributed by atoms with E-state index in [1.165, 1.54) is 12.8 Å². The van der Waals surface area contributed by atoms with Gasteiger partial charge in [0.25, 0.3) is 0 Å². The monoisotopic (exact) mass is 198 g/mol. The van der Waals surface area contributed by atoms with Crippen molar-refractivity contribution in [3.8, 4) is 0 Å². The molecule has 0 aromatic rings. The number of hydrogen-bond acceptors (Lipinski definition) is 3. The fraction of sp³-hybridized carbons (Fsp3) is 1.00. The number of nitrogens with one attached hydrogen (secondary N) is 2. The van der Waals surface area contributed by atoms with E-state index in [9.17, 15) is 5.11 Å². The summed E-state index contributed by atoms with van der Waals surface area (Å²) in [4.78, 5) is 0. The van der Waals surface area contributed by atoms with Gasteiger partial charge in [-0.2, -0.15) is 0 Å². The van der Waals surface area contributed by atoms with E-state index in [1.54, 1.807) is 0 Å². The summed E-state index contributed by atoms with van der Waals surface area (Å²) in [5.41, 5.74) is -0.479. The van der Waals surface area contributed by atoms with Gasteiger partial charge in [0.1, 0.15) is 0 Å². The number of aliphatic hydroxyl groups is 1. The van der Waals surface area contributed by atoms with Gasteiger partial charge in [0.05, 0.1) is 5.60 Å². The summed E-state index contributed by atoms with van der Waals surface area (Å²) in [6, 6.07) is 1.33. The molecule has 0 aliphatic carbocycles. The molecule has 2 aliphatic heterocycles. The van der Waals surface area contributed by atoms with Crippen LogP contribution in [0.3, 0.4) is 0 Å². The van der Waals surface area contributed by atoms with Gasteiger partial charge in [0.2, 0.25) is 0 Å². The van der Waals surface area contributed by atoms with E-state index >= 15 is 0 Å². The number of rotatable bonds is 3. The number of piperidine rings is 1. The predicted molar refractivity (Wildman–Crippen MR) is 57.3 cm³/mol. The van der Waals surface area contributed by atoms with E-state index in [4.69, 9.17) is 0 Å². The minimum Gasteiger partial charge on any atom is -0.388 e. The molecule has 82 valence electrons. The highest BCUT2D eigenvalue weighted by atomic mass is 16.3. The molecule has 2 aliphatic rings. The molecule has 3 nitrogen and oxygen atoms in total. The number of hydrogen-bond donors (Lipinski definition) is 3. The SMILES string of the molecule is CCNC(C)C1(O)CC2CCC(C1)N2. The second-order valence-corrected chi connectivity index (χ2v) is 4.93. The highest BCUT2D eigenvalue weighted by Crippen LogP contribution is 2.35. The van der Waals surface area contributed by atoms with Crippen molar-refractivity contribution < 1.29 is 5.11 Å². The minimum atomic E-state index is -0.479. The summed E-state index contributed by atoms with van der Waals surface area (Å²) in [5, 5.41) is 17.5. The third-order valence-electron chi connectivity index (χ3n) is 3.85. The van der Waals surface area contributed by atoms with Crippen LogP contribution in [-0.2, 0) is 0 Å². The average Bonchev–Trinajstić information content (AvgIpc) is 2.46. The van der Waals surface area contributed by atoms with Crippen molar-refractivity contribution in [3.05, 3.63) is 0 Å². The van der Waals surface area contributed by atoms with E-state index in [0.717, 1.165) is 19.4 Å². The van der Waals surface area contributed by atoms with Crippen LogP contribution in [-0.4, -0.2) is 35.4 Å². The van der Waals surface area contributed by atoms with Crippen LogP contribution in [0.2, 0.25) is 0 Å². The molecular weight excluding hydrogens is 176 g/mol. The average molecular weight is 198 g/mol. The van der Waals surface area contributed by atoms with Gasteiger partial charge in [-0.15, -0.1) is 0 Å². The van der Waals surface area contributed by atoms with Gasteiger partial charge < -0.3 is 15.7 Å². The van der Waals surface area contributed by atoms with Gasteiger partial charge >= 0.3 is 0 Å². The Morgan fingerprint density at radius 3 is 2.50 bits per heavy atom. The summed E-state index contributed by atoms with van der Waals surface area (Å²) in [6.45, 7) is 5.13.